The molecule has 2 N–H and O–H groups in total. The molecule has 8 heteroatoms. The Hall–Kier alpha value is -3.55. The molecule has 0 spiro atoms. The number of amides is 1. The van der Waals surface area contributed by atoms with Gasteiger partial charge in [0, 0.05) is 43.5 Å². The molecule has 0 bridgehead atoms. The number of aromatic nitrogens is 3. The van der Waals surface area contributed by atoms with E-state index in [-0.39, 0.29) is 11.9 Å². The van der Waals surface area contributed by atoms with Gasteiger partial charge in [0.05, 0.1) is 11.3 Å². The maximum Gasteiger partial charge on any atom is 0.250 e. The van der Waals surface area contributed by atoms with Gasteiger partial charge < -0.3 is 15.5 Å². The van der Waals surface area contributed by atoms with Gasteiger partial charge in [-0.25, -0.2) is 19.3 Å². The maximum atomic E-state index is 13.6. The lowest BCUT2D eigenvalue weighted by Gasteiger charge is -2.41. The van der Waals surface area contributed by atoms with Gasteiger partial charge in [-0.15, -0.1) is 0 Å². The number of carbonyl (C=O) groups is 1. The monoisotopic (exact) mass is 420 g/mol. The van der Waals surface area contributed by atoms with E-state index < -0.39 is 5.91 Å². The third-order valence-corrected chi connectivity index (χ3v) is 5.66. The number of aryl methyl sites for hydroxylation is 2. The second-order valence-corrected chi connectivity index (χ2v) is 7.94. The van der Waals surface area contributed by atoms with Gasteiger partial charge in [-0.05, 0) is 56.2 Å². The molecule has 7 nitrogen and oxygen atoms in total. The number of benzene rings is 1. The molecule has 0 aliphatic carbocycles. The minimum atomic E-state index is -0.476. The highest BCUT2D eigenvalue weighted by Crippen LogP contribution is 2.27. The fraction of sp³-hybridized carbons (Fsp3) is 0.304. The van der Waals surface area contributed by atoms with Gasteiger partial charge in [-0.1, -0.05) is 0 Å². The Balaban J connectivity index is 1.53. The number of halogens is 1. The zero-order valence-corrected chi connectivity index (χ0v) is 17.8. The normalized spacial score (nSPS) is 16.5. The molecule has 0 unspecified atom stereocenters. The second-order valence-electron chi connectivity index (χ2n) is 7.94. The average molecular weight is 420 g/mol. The van der Waals surface area contributed by atoms with Crippen LogP contribution in [0.2, 0.25) is 0 Å². The number of nitrogens with zero attached hydrogens (tertiary/aromatic N) is 5. The largest absolute Gasteiger partial charge is 0.366 e. The molecular formula is C23H25FN6O. The quantitative estimate of drug-likeness (QED) is 0.698. The van der Waals surface area contributed by atoms with E-state index in [4.69, 9.17) is 5.73 Å². The third-order valence-electron chi connectivity index (χ3n) is 5.66. The molecule has 1 saturated heterocycles. The standard InChI is InChI=1S/C23H25FN6O/c1-14-8-17(4-5-19(14)24)20-10-21(28-13-27-20)30-7-6-29(12-16(30)3)23-15(2)9-18(11-26-23)22(25)31/h4-5,8-11,13,16H,6-7,12H2,1-3H3,(H2,25,31)/t16-/m1/s1. The van der Waals surface area contributed by atoms with Crippen molar-refractivity contribution in [3.8, 4) is 11.3 Å². The van der Waals surface area contributed by atoms with Crippen LogP contribution >= 0.6 is 0 Å². The van der Waals surface area contributed by atoms with Crippen LogP contribution in [0.4, 0.5) is 16.0 Å². The van der Waals surface area contributed by atoms with Crippen molar-refractivity contribution in [1.29, 1.82) is 0 Å². The highest BCUT2D eigenvalue weighted by molar-refractivity contribution is 5.92. The summed E-state index contributed by atoms with van der Waals surface area (Å²) in [7, 11) is 0. The number of hydrogen-bond acceptors (Lipinski definition) is 6. The molecule has 2 aromatic heterocycles. The number of hydrogen-bond donors (Lipinski definition) is 1. The first-order chi connectivity index (χ1) is 14.8. The fourth-order valence-corrected chi connectivity index (χ4v) is 3.99. The molecule has 31 heavy (non-hydrogen) atoms. The molecule has 0 saturated carbocycles. The van der Waals surface area contributed by atoms with Gasteiger partial charge >= 0.3 is 0 Å². The van der Waals surface area contributed by atoms with Crippen LogP contribution in [0.1, 0.15) is 28.4 Å². The predicted octanol–water partition coefficient (Wildman–Crippen LogP) is 3.11. The molecule has 0 radical (unpaired) electrons. The fourth-order valence-electron chi connectivity index (χ4n) is 3.99. The Morgan fingerprint density at radius 3 is 2.58 bits per heavy atom. The summed E-state index contributed by atoms with van der Waals surface area (Å²) < 4.78 is 13.6. The van der Waals surface area contributed by atoms with Gasteiger partial charge in [0.2, 0.25) is 5.91 Å². The van der Waals surface area contributed by atoms with E-state index in [0.717, 1.165) is 48.1 Å². The molecule has 4 rings (SSSR count). The lowest BCUT2D eigenvalue weighted by Crippen LogP contribution is -2.52. The Morgan fingerprint density at radius 2 is 1.90 bits per heavy atom. The molecule has 1 atom stereocenters. The summed E-state index contributed by atoms with van der Waals surface area (Å²) in [6, 6.07) is 8.91. The van der Waals surface area contributed by atoms with Crippen LogP contribution in [0.3, 0.4) is 0 Å². The summed E-state index contributed by atoms with van der Waals surface area (Å²) >= 11 is 0. The molecule has 1 aromatic carbocycles. The molecular weight excluding hydrogens is 395 g/mol. The van der Waals surface area contributed by atoms with Crippen LogP contribution in [-0.2, 0) is 0 Å². The molecule has 1 aliphatic rings. The first-order valence-electron chi connectivity index (χ1n) is 10.2. The summed E-state index contributed by atoms with van der Waals surface area (Å²) in [5, 5.41) is 0. The number of nitrogens with two attached hydrogens (primary N) is 1. The molecule has 1 amide bonds. The van der Waals surface area contributed by atoms with Crippen molar-refractivity contribution >= 4 is 17.5 Å². The highest BCUT2D eigenvalue weighted by Gasteiger charge is 2.27. The van der Waals surface area contributed by atoms with Crippen LogP contribution in [-0.4, -0.2) is 46.5 Å². The summed E-state index contributed by atoms with van der Waals surface area (Å²) in [4.78, 5) is 29.2. The van der Waals surface area contributed by atoms with Gasteiger partial charge in [0.25, 0.3) is 0 Å². The zero-order chi connectivity index (χ0) is 22.1. The van der Waals surface area contributed by atoms with E-state index in [1.807, 2.05) is 13.0 Å². The van der Waals surface area contributed by atoms with Crippen molar-refractivity contribution in [1.82, 2.24) is 15.0 Å². The minimum Gasteiger partial charge on any atom is -0.366 e. The molecule has 3 heterocycles. The van der Waals surface area contributed by atoms with Crippen LogP contribution in [0.15, 0.2) is 42.9 Å². The van der Waals surface area contributed by atoms with E-state index in [0.29, 0.717) is 11.1 Å². The maximum absolute atomic E-state index is 13.6. The highest BCUT2D eigenvalue weighted by atomic mass is 19.1. The number of anilines is 2. The SMILES string of the molecule is Cc1cc(-c2cc(N3CCN(c4ncc(C(N)=O)cc4C)C[C@H]3C)ncn2)ccc1F. The van der Waals surface area contributed by atoms with Gasteiger partial charge in [-0.3, -0.25) is 4.79 Å². The lowest BCUT2D eigenvalue weighted by atomic mass is 10.1. The third kappa shape index (κ3) is 4.19. The Kier molecular flexibility index (Phi) is 5.54. The first-order valence-corrected chi connectivity index (χ1v) is 10.2. The first kappa shape index (κ1) is 20.7. The zero-order valence-electron chi connectivity index (χ0n) is 17.8. The van der Waals surface area contributed by atoms with E-state index >= 15 is 0 Å². The Morgan fingerprint density at radius 1 is 1.10 bits per heavy atom. The predicted molar refractivity (Wildman–Crippen MR) is 119 cm³/mol. The summed E-state index contributed by atoms with van der Waals surface area (Å²) in [6.45, 7) is 8.12. The van der Waals surface area contributed by atoms with E-state index in [2.05, 4.69) is 31.7 Å². The second kappa shape index (κ2) is 8.29. The number of pyridine rings is 1. The minimum absolute atomic E-state index is 0.184. The van der Waals surface area contributed by atoms with Crippen molar-refractivity contribution in [3.05, 3.63) is 65.4 Å². The average Bonchev–Trinajstić information content (AvgIpc) is 2.75. The van der Waals surface area contributed by atoms with Crippen molar-refractivity contribution in [2.24, 2.45) is 5.73 Å². The van der Waals surface area contributed by atoms with Crippen LogP contribution in [0.5, 0.6) is 0 Å². The number of carbonyl (C=O) groups excluding carboxylic acids is 1. The van der Waals surface area contributed by atoms with Crippen molar-refractivity contribution < 1.29 is 9.18 Å². The van der Waals surface area contributed by atoms with Crippen molar-refractivity contribution in [2.45, 2.75) is 26.8 Å². The van der Waals surface area contributed by atoms with Gasteiger partial charge in [0.1, 0.15) is 23.8 Å². The lowest BCUT2D eigenvalue weighted by molar-refractivity contribution is 0.1000. The van der Waals surface area contributed by atoms with Crippen molar-refractivity contribution in [2.75, 3.05) is 29.4 Å². The van der Waals surface area contributed by atoms with Gasteiger partial charge in [0.15, 0.2) is 0 Å². The molecule has 1 aliphatic heterocycles. The number of primary amides is 1. The Labute approximate surface area is 180 Å². The van der Waals surface area contributed by atoms with Crippen LogP contribution in [0, 0.1) is 19.7 Å². The Bertz CT molecular complexity index is 1130. The van der Waals surface area contributed by atoms with Gasteiger partial charge in [-0.2, -0.15) is 0 Å². The smallest absolute Gasteiger partial charge is 0.250 e. The summed E-state index contributed by atoms with van der Waals surface area (Å²) in [6.07, 6.45) is 3.08. The van der Waals surface area contributed by atoms with E-state index in [9.17, 15) is 9.18 Å². The number of rotatable bonds is 4. The molecule has 3 aromatic rings. The molecule has 1 fully saturated rings. The summed E-state index contributed by atoms with van der Waals surface area (Å²) in [5.74, 6) is 1.00. The number of piperazine rings is 1. The summed E-state index contributed by atoms with van der Waals surface area (Å²) in [5.41, 5.74) is 8.91. The van der Waals surface area contributed by atoms with Crippen LogP contribution in [0.25, 0.3) is 11.3 Å². The topological polar surface area (TPSA) is 88.2 Å². The van der Waals surface area contributed by atoms with Crippen molar-refractivity contribution in [3.63, 3.8) is 0 Å². The van der Waals surface area contributed by atoms with Crippen LogP contribution < -0.4 is 15.5 Å². The molecule has 160 valence electrons. The van der Waals surface area contributed by atoms with E-state index in [1.165, 1.54) is 12.3 Å². The van der Waals surface area contributed by atoms with E-state index in [1.54, 1.807) is 31.5 Å².